The van der Waals surface area contributed by atoms with Crippen molar-refractivity contribution < 1.29 is 14.7 Å². The third-order valence-corrected chi connectivity index (χ3v) is 4.00. The predicted molar refractivity (Wildman–Crippen MR) is 88.9 cm³/mol. The molecule has 1 unspecified atom stereocenters. The maximum absolute atomic E-state index is 12.3. The second-order valence-electron chi connectivity index (χ2n) is 5.54. The number of amides is 1. The molecule has 0 spiro atoms. The van der Waals surface area contributed by atoms with Crippen molar-refractivity contribution >= 4 is 17.6 Å². The van der Waals surface area contributed by atoms with Crippen LogP contribution in [0.2, 0.25) is 0 Å². The summed E-state index contributed by atoms with van der Waals surface area (Å²) in [6.07, 6.45) is 6.28. The van der Waals surface area contributed by atoms with E-state index in [0.717, 1.165) is 18.4 Å². The Morgan fingerprint density at radius 2 is 1.87 bits per heavy atom. The number of carboxylic acids is 1. The summed E-state index contributed by atoms with van der Waals surface area (Å²) < 4.78 is 0. The van der Waals surface area contributed by atoms with Crippen LogP contribution >= 0.6 is 0 Å². The van der Waals surface area contributed by atoms with Crippen LogP contribution in [0.1, 0.15) is 45.0 Å². The summed E-state index contributed by atoms with van der Waals surface area (Å²) in [7, 11) is 0. The molecular weight excluding hydrogens is 290 g/mol. The number of hydrogen-bond donors (Lipinski definition) is 2. The lowest BCUT2D eigenvalue weighted by atomic mass is 9.96. The molecule has 0 radical (unpaired) electrons. The topological polar surface area (TPSA) is 66.4 Å². The SMILES string of the molecule is O=C(Nc1cc(C2C=CCC2)ccc1C(=O)O)c1ccccc1. The molecule has 4 nitrogen and oxygen atoms in total. The Morgan fingerprint density at radius 3 is 2.52 bits per heavy atom. The van der Waals surface area contributed by atoms with E-state index in [1.807, 2.05) is 12.1 Å². The number of aromatic carboxylic acids is 1. The van der Waals surface area contributed by atoms with E-state index >= 15 is 0 Å². The van der Waals surface area contributed by atoms with E-state index in [1.54, 1.807) is 36.4 Å². The molecule has 2 aromatic carbocycles. The highest BCUT2D eigenvalue weighted by molar-refractivity contribution is 6.07. The molecule has 2 aromatic rings. The Bertz CT molecular complexity index is 765. The Balaban J connectivity index is 1.92. The van der Waals surface area contributed by atoms with Crippen molar-refractivity contribution in [1.29, 1.82) is 0 Å². The third kappa shape index (κ3) is 3.31. The fourth-order valence-corrected chi connectivity index (χ4v) is 2.78. The van der Waals surface area contributed by atoms with Crippen LogP contribution in [0.3, 0.4) is 0 Å². The van der Waals surface area contributed by atoms with Crippen LogP contribution in [0.15, 0.2) is 60.7 Å². The van der Waals surface area contributed by atoms with Gasteiger partial charge in [0.15, 0.2) is 0 Å². The van der Waals surface area contributed by atoms with Gasteiger partial charge in [-0.15, -0.1) is 0 Å². The zero-order valence-corrected chi connectivity index (χ0v) is 12.5. The fourth-order valence-electron chi connectivity index (χ4n) is 2.78. The Labute approximate surface area is 134 Å². The van der Waals surface area contributed by atoms with Gasteiger partial charge >= 0.3 is 5.97 Å². The van der Waals surface area contributed by atoms with Gasteiger partial charge in [-0.1, -0.05) is 36.4 Å². The van der Waals surface area contributed by atoms with E-state index in [0.29, 0.717) is 11.3 Å². The number of nitrogens with one attached hydrogen (secondary N) is 1. The van der Waals surface area contributed by atoms with Gasteiger partial charge in [-0.3, -0.25) is 4.79 Å². The van der Waals surface area contributed by atoms with E-state index < -0.39 is 5.97 Å². The summed E-state index contributed by atoms with van der Waals surface area (Å²) in [6, 6.07) is 13.9. The molecule has 3 rings (SSSR count). The highest BCUT2D eigenvalue weighted by Gasteiger charge is 2.18. The zero-order valence-electron chi connectivity index (χ0n) is 12.5. The van der Waals surface area contributed by atoms with Crippen molar-refractivity contribution in [2.75, 3.05) is 5.32 Å². The largest absolute Gasteiger partial charge is 0.478 e. The van der Waals surface area contributed by atoms with Gasteiger partial charge in [-0.2, -0.15) is 0 Å². The number of rotatable bonds is 4. The molecule has 0 saturated carbocycles. The van der Waals surface area contributed by atoms with Gasteiger partial charge in [0.25, 0.3) is 5.91 Å². The highest BCUT2D eigenvalue weighted by Crippen LogP contribution is 2.31. The minimum Gasteiger partial charge on any atom is -0.478 e. The van der Waals surface area contributed by atoms with Crippen LogP contribution in [-0.4, -0.2) is 17.0 Å². The van der Waals surface area contributed by atoms with Gasteiger partial charge in [0.05, 0.1) is 11.3 Å². The first-order valence-corrected chi connectivity index (χ1v) is 7.55. The summed E-state index contributed by atoms with van der Waals surface area (Å²) in [6.45, 7) is 0. The predicted octanol–water partition coefficient (Wildman–Crippen LogP) is 4.07. The smallest absolute Gasteiger partial charge is 0.337 e. The Hall–Kier alpha value is -2.88. The van der Waals surface area contributed by atoms with Crippen molar-refractivity contribution in [3.05, 3.63) is 77.4 Å². The van der Waals surface area contributed by atoms with E-state index in [2.05, 4.69) is 17.5 Å². The highest BCUT2D eigenvalue weighted by atomic mass is 16.4. The Kier molecular flexibility index (Phi) is 4.24. The molecular formula is C19H17NO3. The molecule has 1 amide bonds. The van der Waals surface area contributed by atoms with Gasteiger partial charge in [-0.25, -0.2) is 4.79 Å². The van der Waals surface area contributed by atoms with Crippen LogP contribution in [0.25, 0.3) is 0 Å². The molecule has 23 heavy (non-hydrogen) atoms. The maximum atomic E-state index is 12.3. The number of hydrogen-bond acceptors (Lipinski definition) is 2. The average molecular weight is 307 g/mol. The molecule has 0 heterocycles. The maximum Gasteiger partial charge on any atom is 0.337 e. The normalized spacial score (nSPS) is 16.3. The number of anilines is 1. The van der Waals surface area contributed by atoms with Crippen molar-refractivity contribution in [2.45, 2.75) is 18.8 Å². The van der Waals surface area contributed by atoms with Crippen LogP contribution in [-0.2, 0) is 0 Å². The van der Waals surface area contributed by atoms with Gasteiger partial charge in [0, 0.05) is 11.5 Å². The van der Waals surface area contributed by atoms with E-state index in [9.17, 15) is 14.7 Å². The van der Waals surface area contributed by atoms with Crippen molar-refractivity contribution in [3.8, 4) is 0 Å². The molecule has 1 aliphatic rings. The molecule has 0 fully saturated rings. The van der Waals surface area contributed by atoms with Crippen LogP contribution in [0, 0.1) is 0 Å². The number of allylic oxidation sites excluding steroid dienone is 2. The lowest BCUT2D eigenvalue weighted by molar-refractivity contribution is 0.0698. The van der Waals surface area contributed by atoms with E-state index in [1.165, 1.54) is 0 Å². The molecule has 116 valence electrons. The standard InChI is InChI=1S/C19H17NO3/c21-18(14-8-2-1-3-9-14)20-17-12-15(13-6-4-5-7-13)10-11-16(17)19(22)23/h1-4,6,8-13H,5,7H2,(H,20,21)(H,22,23). The number of carbonyl (C=O) groups excluding carboxylic acids is 1. The third-order valence-electron chi connectivity index (χ3n) is 4.00. The minimum atomic E-state index is -1.05. The molecule has 0 aliphatic heterocycles. The minimum absolute atomic E-state index is 0.0972. The average Bonchev–Trinajstić information content (AvgIpc) is 3.10. The second kappa shape index (κ2) is 6.48. The lowest BCUT2D eigenvalue weighted by Gasteiger charge is -2.14. The molecule has 4 heteroatoms. The van der Waals surface area contributed by atoms with Gasteiger partial charge in [0.2, 0.25) is 0 Å². The van der Waals surface area contributed by atoms with Crippen LogP contribution < -0.4 is 5.32 Å². The molecule has 1 aliphatic carbocycles. The quantitative estimate of drug-likeness (QED) is 0.837. The first-order chi connectivity index (χ1) is 11.1. The number of carbonyl (C=O) groups is 2. The van der Waals surface area contributed by atoms with E-state index in [-0.39, 0.29) is 17.4 Å². The summed E-state index contributed by atoms with van der Waals surface area (Å²) in [5.41, 5.74) is 1.95. The van der Waals surface area contributed by atoms with Crippen molar-refractivity contribution in [3.63, 3.8) is 0 Å². The summed E-state index contributed by atoms with van der Waals surface area (Å²) >= 11 is 0. The van der Waals surface area contributed by atoms with Gasteiger partial charge in [-0.05, 0) is 42.7 Å². The Morgan fingerprint density at radius 1 is 1.09 bits per heavy atom. The monoisotopic (exact) mass is 307 g/mol. The summed E-state index contributed by atoms with van der Waals surface area (Å²) in [5, 5.41) is 12.1. The molecule has 0 bridgehead atoms. The fraction of sp³-hybridized carbons (Fsp3) is 0.158. The first-order valence-electron chi connectivity index (χ1n) is 7.55. The summed E-state index contributed by atoms with van der Waals surface area (Å²) in [5.74, 6) is -1.08. The lowest BCUT2D eigenvalue weighted by Crippen LogP contribution is -2.15. The second-order valence-corrected chi connectivity index (χ2v) is 5.54. The summed E-state index contributed by atoms with van der Waals surface area (Å²) in [4.78, 5) is 23.7. The van der Waals surface area contributed by atoms with Crippen LogP contribution in [0.5, 0.6) is 0 Å². The van der Waals surface area contributed by atoms with Gasteiger partial charge in [0.1, 0.15) is 0 Å². The number of benzene rings is 2. The van der Waals surface area contributed by atoms with Gasteiger partial charge < -0.3 is 10.4 Å². The number of carboxylic acid groups (broad SMARTS) is 1. The molecule has 0 saturated heterocycles. The molecule has 2 N–H and O–H groups in total. The zero-order chi connectivity index (χ0) is 16.2. The van der Waals surface area contributed by atoms with Crippen molar-refractivity contribution in [1.82, 2.24) is 0 Å². The van der Waals surface area contributed by atoms with Crippen molar-refractivity contribution in [2.24, 2.45) is 0 Å². The van der Waals surface area contributed by atoms with Crippen LogP contribution in [0.4, 0.5) is 5.69 Å². The molecule has 1 atom stereocenters. The van der Waals surface area contributed by atoms with E-state index in [4.69, 9.17) is 0 Å². The first kappa shape index (κ1) is 15.0. The molecule has 0 aromatic heterocycles.